The van der Waals surface area contributed by atoms with Crippen molar-refractivity contribution in [1.82, 2.24) is 0 Å². The molecule has 0 N–H and O–H groups in total. The van der Waals surface area contributed by atoms with Gasteiger partial charge >= 0.3 is 0 Å². The van der Waals surface area contributed by atoms with Crippen LogP contribution in [0.3, 0.4) is 0 Å². The molecule has 0 aliphatic carbocycles. The Labute approximate surface area is 52.2 Å². The second-order valence-corrected chi connectivity index (χ2v) is 2.08. The summed E-state index contributed by atoms with van der Waals surface area (Å²) in [6.07, 6.45) is 4.47. The van der Waals surface area contributed by atoms with E-state index in [1.54, 1.807) is 0 Å². The zero-order valence-corrected chi connectivity index (χ0v) is 5.70. The second kappa shape index (κ2) is 6.15. The van der Waals surface area contributed by atoms with Crippen molar-refractivity contribution < 1.29 is 4.79 Å². The quantitative estimate of drug-likeness (QED) is 0.456. The van der Waals surface area contributed by atoms with E-state index in [9.17, 15) is 4.79 Å². The summed E-state index contributed by atoms with van der Waals surface area (Å²) in [6, 6.07) is 0. The van der Waals surface area contributed by atoms with Crippen LogP contribution < -0.4 is 0 Å². The monoisotopic (exact) mass is 163 g/mol. The van der Waals surface area contributed by atoms with Crippen LogP contribution in [0.2, 0.25) is 0 Å². The molecule has 0 aromatic rings. The summed E-state index contributed by atoms with van der Waals surface area (Å²) in [5, 5.41) is 0.995. The van der Waals surface area contributed by atoms with Gasteiger partial charge in [-0.05, 0) is 12.8 Å². The number of unbranched alkanes of at least 4 members (excludes halogenated alkanes) is 2. The van der Waals surface area contributed by atoms with Gasteiger partial charge in [0.25, 0.3) is 0 Å². The van der Waals surface area contributed by atoms with Crippen molar-refractivity contribution in [3.63, 3.8) is 0 Å². The number of hydrogen-bond acceptors (Lipinski definition) is 1. The highest BCUT2D eigenvalue weighted by atomic mass is 79.9. The first-order chi connectivity index (χ1) is 3.41. The van der Waals surface area contributed by atoms with E-state index < -0.39 is 0 Å². The zero-order chi connectivity index (χ0) is 5.54. The highest BCUT2D eigenvalue weighted by Crippen LogP contribution is 1.94. The Kier molecular flexibility index (Phi) is 6.28. The van der Waals surface area contributed by atoms with Gasteiger partial charge in [0.15, 0.2) is 6.29 Å². The van der Waals surface area contributed by atoms with E-state index in [0.717, 1.165) is 18.2 Å². The van der Waals surface area contributed by atoms with Crippen molar-refractivity contribution in [3.05, 3.63) is 0 Å². The molecular weight excluding hydrogens is 156 g/mol. The number of halogens is 1. The van der Waals surface area contributed by atoms with Crippen LogP contribution in [0.25, 0.3) is 0 Å². The minimum Gasteiger partial charge on any atom is -0.291 e. The summed E-state index contributed by atoms with van der Waals surface area (Å²) in [5.74, 6) is 0. The second-order valence-electron chi connectivity index (χ2n) is 1.29. The highest BCUT2D eigenvalue weighted by molar-refractivity contribution is 9.09. The standard InChI is InChI=1S/C5H8BrO/c6-4-2-1-3-5-7/h1-4H2. The number of carbonyl (C=O) groups excluding carboxylic acids is 1. The van der Waals surface area contributed by atoms with Crippen LogP contribution in [0, 0.1) is 0 Å². The minimum absolute atomic E-state index is 0.589. The SMILES string of the molecule is O=[C]CCCCBr. The molecule has 0 bridgehead atoms. The fraction of sp³-hybridized carbons (Fsp3) is 0.800. The van der Waals surface area contributed by atoms with Crippen LogP contribution in [-0.4, -0.2) is 11.6 Å². The zero-order valence-electron chi connectivity index (χ0n) is 4.11. The Morgan fingerprint density at radius 2 is 2.14 bits per heavy atom. The first-order valence-corrected chi connectivity index (χ1v) is 3.45. The Balaban J connectivity index is 2.56. The van der Waals surface area contributed by atoms with Gasteiger partial charge in [-0.3, -0.25) is 4.79 Å². The maximum atomic E-state index is 9.54. The van der Waals surface area contributed by atoms with Gasteiger partial charge in [-0.2, -0.15) is 0 Å². The molecule has 0 atom stereocenters. The molecular formula is C5H8BrO. The average Bonchev–Trinajstić information content (AvgIpc) is 1.69. The number of rotatable bonds is 4. The summed E-state index contributed by atoms with van der Waals surface area (Å²) in [4.78, 5) is 9.54. The maximum absolute atomic E-state index is 9.54. The third-order valence-corrected chi connectivity index (χ3v) is 1.22. The summed E-state index contributed by atoms with van der Waals surface area (Å²) >= 11 is 3.25. The van der Waals surface area contributed by atoms with Crippen molar-refractivity contribution in [1.29, 1.82) is 0 Å². The van der Waals surface area contributed by atoms with Gasteiger partial charge in [-0.1, -0.05) is 15.9 Å². The first-order valence-electron chi connectivity index (χ1n) is 2.32. The van der Waals surface area contributed by atoms with Crippen molar-refractivity contribution in [3.8, 4) is 0 Å². The van der Waals surface area contributed by atoms with Gasteiger partial charge in [0.1, 0.15) is 0 Å². The fourth-order valence-corrected chi connectivity index (χ4v) is 0.688. The Bertz CT molecular complexity index is 45.3. The first kappa shape index (κ1) is 7.15. The largest absolute Gasteiger partial charge is 0.291 e. The molecule has 0 aliphatic heterocycles. The van der Waals surface area contributed by atoms with Crippen LogP contribution in [0.5, 0.6) is 0 Å². The highest BCUT2D eigenvalue weighted by Gasteiger charge is 1.82. The molecule has 1 radical (unpaired) electrons. The van der Waals surface area contributed by atoms with Crippen LogP contribution in [0.1, 0.15) is 19.3 Å². The fourth-order valence-electron chi connectivity index (χ4n) is 0.292. The molecule has 0 spiro atoms. The van der Waals surface area contributed by atoms with E-state index >= 15 is 0 Å². The lowest BCUT2D eigenvalue weighted by molar-refractivity contribution is 0.548. The lowest BCUT2D eigenvalue weighted by Crippen LogP contribution is -1.76. The molecule has 0 amide bonds. The molecule has 1 nitrogen and oxygen atoms in total. The molecule has 0 aromatic carbocycles. The van der Waals surface area contributed by atoms with Crippen LogP contribution in [0.4, 0.5) is 0 Å². The van der Waals surface area contributed by atoms with E-state index in [4.69, 9.17) is 0 Å². The molecule has 7 heavy (non-hydrogen) atoms. The maximum Gasteiger partial charge on any atom is 0.198 e. The predicted octanol–water partition coefficient (Wildman–Crippen LogP) is 1.66. The van der Waals surface area contributed by atoms with Gasteiger partial charge in [-0.15, -0.1) is 0 Å². The average molecular weight is 164 g/mol. The Hall–Kier alpha value is 0.150. The van der Waals surface area contributed by atoms with Gasteiger partial charge in [0.05, 0.1) is 0 Å². The molecule has 0 saturated heterocycles. The van der Waals surface area contributed by atoms with Gasteiger partial charge < -0.3 is 0 Å². The normalized spacial score (nSPS) is 8.71. The van der Waals surface area contributed by atoms with Crippen molar-refractivity contribution in [2.24, 2.45) is 0 Å². The van der Waals surface area contributed by atoms with Crippen molar-refractivity contribution in [2.75, 3.05) is 5.33 Å². The van der Waals surface area contributed by atoms with E-state index in [0.29, 0.717) is 6.42 Å². The topological polar surface area (TPSA) is 17.1 Å². The number of alkyl halides is 1. The molecule has 0 unspecified atom stereocenters. The summed E-state index contributed by atoms with van der Waals surface area (Å²) in [6.45, 7) is 0. The van der Waals surface area contributed by atoms with Crippen molar-refractivity contribution in [2.45, 2.75) is 19.3 Å². The molecule has 0 heterocycles. The summed E-state index contributed by atoms with van der Waals surface area (Å²) < 4.78 is 0. The van der Waals surface area contributed by atoms with E-state index in [-0.39, 0.29) is 0 Å². The Morgan fingerprint density at radius 1 is 1.43 bits per heavy atom. The molecule has 0 fully saturated rings. The molecule has 0 aromatic heterocycles. The van der Waals surface area contributed by atoms with Gasteiger partial charge in [-0.25, -0.2) is 0 Å². The van der Waals surface area contributed by atoms with E-state index in [2.05, 4.69) is 15.9 Å². The van der Waals surface area contributed by atoms with Crippen LogP contribution in [0.15, 0.2) is 0 Å². The van der Waals surface area contributed by atoms with Crippen LogP contribution in [-0.2, 0) is 4.79 Å². The van der Waals surface area contributed by atoms with E-state index in [1.165, 1.54) is 0 Å². The minimum atomic E-state index is 0.589. The third-order valence-electron chi connectivity index (χ3n) is 0.662. The summed E-state index contributed by atoms with van der Waals surface area (Å²) in [5.41, 5.74) is 0. The summed E-state index contributed by atoms with van der Waals surface area (Å²) in [7, 11) is 0. The smallest absolute Gasteiger partial charge is 0.198 e. The molecule has 0 aliphatic rings. The molecule has 41 valence electrons. The van der Waals surface area contributed by atoms with E-state index in [1.807, 2.05) is 6.29 Å². The Morgan fingerprint density at radius 3 is 2.57 bits per heavy atom. The molecule has 0 saturated carbocycles. The molecule has 0 rings (SSSR count). The predicted molar refractivity (Wildman–Crippen MR) is 33.3 cm³/mol. The third kappa shape index (κ3) is 6.15. The number of hydrogen-bond donors (Lipinski definition) is 0. The lowest BCUT2D eigenvalue weighted by Gasteiger charge is -1.83. The molecule has 2 heteroatoms. The van der Waals surface area contributed by atoms with Crippen molar-refractivity contribution >= 4 is 22.2 Å². The lowest BCUT2D eigenvalue weighted by atomic mass is 10.3. The van der Waals surface area contributed by atoms with Crippen LogP contribution >= 0.6 is 15.9 Å². The van der Waals surface area contributed by atoms with Gasteiger partial charge in [0, 0.05) is 11.8 Å². The van der Waals surface area contributed by atoms with Gasteiger partial charge in [0.2, 0.25) is 0 Å².